The number of rotatable bonds is 6. The molecule has 31 heavy (non-hydrogen) atoms. The molecule has 4 rings (SSSR count). The van der Waals surface area contributed by atoms with Crippen LogP contribution in [0.4, 0.5) is 0 Å². The largest absolute Gasteiger partial charge is 0.488 e. The average Bonchev–Trinajstić information content (AvgIpc) is 3.04. The summed E-state index contributed by atoms with van der Waals surface area (Å²) in [5.41, 5.74) is -0.0946. The first-order valence-electron chi connectivity index (χ1n) is 11.0. The van der Waals surface area contributed by atoms with Gasteiger partial charge in [-0.2, -0.15) is 0 Å². The smallest absolute Gasteiger partial charge is 0.236 e. The van der Waals surface area contributed by atoms with Gasteiger partial charge in [-0.3, -0.25) is 9.69 Å². The molecule has 0 spiro atoms. The molecule has 2 aliphatic rings. The minimum absolute atomic E-state index is 0.137. The van der Waals surface area contributed by atoms with Crippen LogP contribution in [-0.4, -0.2) is 71.7 Å². The van der Waals surface area contributed by atoms with Crippen molar-refractivity contribution in [3.8, 4) is 5.75 Å². The van der Waals surface area contributed by atoms with Crippen LogP contribution in [0.1, 0.15) is 34.8 Å². The molecule has 0 bridgehead atoms. The van der Waals surface area contributed by atoms with E-state index in [2.05, 4.69) is 9.88 Å². The van der Waals surface area contributed by atoms with Gasteiger partial charge in [-0.25, -0.2) is 4.98 Å². The van der Waals surface area contributed by atoms with Crippen LogP contribution in [0.3, 0.4) is 0 Å². The van der Waals surface area contributed by atoms with E-state index in [9.17, 15) is 9.90 Å². The zero-order valence-corrected chi connectivity index (χ0v) is 18.9. The Hall–Kier alpha value is -2.00. The number of thiazole rings is 1. The number of aromatic nitrogens is 1. The Kier molecular flexibility index (Phi) is 7.22. The summed E-state index contributed by atoms with van der Waals surface area (Å²) >= 11 is 1.52. The fourth-order valence-corrected chi connectivity index (χ4v) is 5.18. The minimum Gasteiger partial charge on any atom is -0.488 e. The summed E-state index contributed by atoms with van der Waals surface area (Å²) in [5.74, 6) is 0.956. The number of aliphatic hydroxyl groups is 1. The van der Waals surface area contributed by atoms with Crippen LogP contribution in [0.15, 0.2) is 30.3 Å². The van der Waals surface area contributed by atoms with E-state index in [1.807, 2.05) is 42.2 Å². The number of ether oxygens (including phenoxy) is 2. The van der Waals surface area contributed by atoms with Gasteiger partial charge in [0.2, 0.25) is 5.91 Å². The van der Waals surface area contributed by atoms with Gasteiger partial charge in [0.15, 0.2) is 0 Å². The van der Waals surface area contributed by atoms with E-state index in [-0.39, 0.29) is 5.91 Å². The molecule has 1 amide bonds. The summed E-state index contributed by atoms with van der Waals surface area (Å²) in [6.45, 7) is 7.04. The van der Waals surface area contributed by atoms with Crippen LogP contribution in [0.25, 0.3) is 0 Å². The Bertz CT molecular complexity index is 869. The Labute approximate surface area is 187 Å². The summed E-state index contributed by atoms with van der Waals surface area (Å²) < 4.78 is 11.2. The van der Waals surface area contributed by atoms with E-state index in [4.69, 9.17) is 9.47 Å². The van der Waals surface area contributed by atoms with Crippen molar-refractivity contribution >= 4 is 17.2 Å². The fraction of sp³-hybridized carbons (Fsp3) is 0.565. The van der Waals surface area contributed by atoms with E-state index in [0.29, 0.717) is 52.3 Å². The summed E-state index contributed by atoms with van der Waals surface area (Å²) in [7, 11) is 0. The van der Waals surface area contributed by atoms with Crippen LogP contribution >= 0.6 is 11.3 Å². The van der Waals surface area contributed by atoms with Gasteiger partial charge in [-0.1, -0.05) is 18.2 Å². The molecule has 8 heteroatoms. The summed E-state index contributed by atoms with van der Waals surface area (Å²) in [4.78, 5) is 22.5. The third kappa shape index (κ3) is 5.63. The predicted molar refractivity (Wildman–Crippen MR) is 119 cm³/mol. The molecule has 2 aromatic rings. The number of carbonyl (C=O) groups is 1. The number of nitrogens with zero attached hydrogens (tertiary/aromatic N) is 3. The second-order valence-electron chi connectivity index (χ2n) is 8.28. The van der Waals surface area contributed by atoms with Crippen molar-refractivity contribution in [2.24, 2.45) is 0 Å². The van der Waals surface area contributed by atoms with E-state index in [1.54, 1.807) is 0 Å². The average molecular weight is 446 g/mol. The first-order chi connectivity index (χ1) is 15.0. The van der Waals surface area contributed by atoms with Crippen LogP contribution in [-0.2, 0) is 21.7 Å². The van der Waals surface area contributed by atoms with Crippen molar-refractivity contribution in [3.63, 3.8) is 0 Å². The van der Waals surface area contributed by atoms with Crippen LogP contribution in [0, 0.1) is 6.92 Å². The lowest BCUT2D eigenvalue weighted by atomic mass is 9.96. The maximum Gasteiger partial charge on any atom is 0.236 e. The van der Waals surface area contributed by atoms with Gasteiger partial charge in [0.25, 0.3) is 0 Å². The van der Waals surface area contributed by atoms with Gasteiger partial charge in [-0.15, -0.1) is 11.3 Å². The summed E-state index contributed by atoms with van der Waals surface area (Å²) in [5, 5.41) is 12.1. The van der Waals surface area contributed by atoms with Crippen molar-refractivity contribution < 1.29 is 19.4 Å². The van der Waals surface area contributed by atoms with Gasteiger partial charge < -0.3 is 19.5 Å². The molecule has 1 aromatic heterocycles. The van der Waals surface area contributed by atoms with Gasteiger partial charge in [0.05, 0.1) is 30.3 Å². The van der Waals surface area contributed by atoms with Gasteiger partial charge in [0.1, 0.15) is 23.0 Å². The van der Waals surface area contributed by atoms with E-state index < -0.39 is 5.60 Å². The van der Waals surface area contributed by atoms with E-state index >= 15 is 0 Å². The Morgan fingerprint density at radius 1 is 1.19 bits per heavy atom. The van der Waals surface area contributed by atoms with Crippen molar-refractivity contribution in [1.82, 2.24) is 14.8 Å². The lowest BCUT2D eigenvalue weighted by molar-refractivity contribution is -0.133. The first-order valence-corrected chi connectivity index (χ1v) is 11.8. The topological polar surface area (TPSA) is 75.1 Å². The highest BCUT2D eigenvalue weighted by Gasteiger charge is 2.36. The Morgan fingerprint density at radius 3 is 2.74 bits per heavy atom. The van der Waals surface area contributed by atoms with Gasteiger partial charge in [0, 0.05) is 32.6 Å². The second kappa shape index (κ2) is 10.1. The first kappa shape index (κ1) is 22.2. The lowest BCUT2D eigenvalue weighted by Gasteiger charge is -2.29. The van der Waals surface area contributed by atoms with Crippen LogP contribution < -0.4 is 4.74 Å². The highest BCUT2D eigenvalue weighted by Crippen LogP contribution is 2.37. The highest BCUT2D eigenvalue weighted by atomic mass is 32.1. The van der Waals surface area contributed by atoms with E-state index in [1.165, 1.54) is 11.3 Å². The number of likely N-dealkylation sites (tertiary alicyclic amines) is 1. The fourth-order valence-electron chi connectivity index (χ4n) is 4.06. The standard InChI is InChI=1S/C23H31N3O4S/c1-18-20(17-30-19-6-3-2-4-7-19)31-22(24-18)23(28)8-5-10-26(11-9-23)21(27)16-25-12-14-29-15-13-25/h2-4,6-7,28H,5,8-17H2,1H3/t23-/m0/s1. The monoisotopic (exact) mass is 445 g/mol. The number of para-hydroxylation sites is 1. The zero-order chi connectivity index (χ0) is 21.7. The normalized spacial score (nSPS) is 22.8. The third-order valence-corrected chi connectivity index (χ3v) is 7.36. The molecule has 1 atom stereocenters. The number of hydrogen-bond donors (Lipinski definition) is 1. The summed E-state index contributed by atoms with van der Waals surface area (Å²) in [6.07, 6.45) is 1.88. The Morgan fingerprint density at radius 2 is 1.97 bits per heavy atom. The van der Waals surface area contributed by atoms with Crippen molar-refractivity contribution in [3.05, 3.63) is 45.9 Å². The van der Waals surface area contributed by atoms with Crippen LogP contribution in [0.2, 0.25) is 0 Å². The van der Waals surface area contributed by atoms with Gasteiger partial charge >= 0.3 is 0 Å². The molecule has 0 unspecified atom stereocenters. The van der Waals surface area contributed by atoms with E-state index in [0.717, 1.165) is 40.8 Å². The molecule has 2 aliphatic heterocycles. The SMILES string of the molecule is Cc1nc([C@]2(O)CCCN(C(=O)CN3CCOCC3)CC2)sc1COc1ccccc1. The molecule has 1 N–H and O–H groups in total. The number of aryl methyl sites for hydroxylation is 1. The second-order valence-corrected chi connectivity index (χ2v) is 9.37. The van der Waals surface area contributed by atoms with Crippen molar-refractivity contribution in [2.45, 2.75) is 38.4 Å². The molecule has 2 saturated heterocycles. The zero-order valence-electron chi connectivity index (χ0n) is 18.1. The molecule has 2 fully saturated rings. The molecule has 0 radical (unpaired) electrons. The Balaban J connectivity index is 1.36. The molecular weight excluding hydrogens is 414 g/mol. The number of benzene rings is 1. The molecule has 3 heterocycles. The number of amides is 1. The summed E-state index contributed by atoms with van der Waals surface area (Å²) in [6, 6.07) is 9.71. The molecule has 0 aliphatic carbocycles. The third-order valence-electron chi connectivity index (χ3n) is 6.03. The van der Waals surface area contributed by atoms with Gasteiger partial charge in [-0.05, 0) is 31.9 Å². The van der Waals surface area contributed by atoms with Crippen LogP contribution in [0.5, 0.6) is 5.75 Å². The maximum atomic E-state index is 12.8. The number of morpholine rings is 1. The molecule has 168 valence electrons. The molecule has 7 nitrogen and oxygen atoms in total. The minimum atomic E-state index is -0.992. The highest BCUT2D eigenvalue weighted by molar-refractivity contribution is 7.11. The molecule has 1 aromatic carbocycles. The van der Waals surface area contributed by atoms with Crippen molar-refractivity contribution in [1.29, 1.82) is 0 Å². The molecule has 0 saturated carbocycles. The van der Waals surface area contributed by atoms with Crippen molar-refractivity contribution in [2.75, 3.05) is 45.9 Å². The lowest BCUT2D eigenvalue weighted by Crippen LogP contribution is -2.45. The number of carbonyl (C=O) groups excluding carboxylic acids is 1. The predicted octanol–water partition coefficient (Wildman–Crippen LogP) is 2.56. The number of hydrogen-bond acceptors (Lipinski definition) is 7. The maximum absolute atomic E-state index is 12.8. The molecular formula is C23H31N3O4S. The quantitative estimate of drug-likeness (QED) is 0.737.